The van der Waals surface area contributed by atoms with Crippen LogP contribution < -0.4 is 16.0 Å². The summed E-state index contributed by atoms with van der Waals surface area (Å²) in [5.41, 5.74) is 3.12. The summed E-state index contributed by atoms with van der Waals surface area (Å²) < 4.78 is 45.0. The predicted octanol–water partition coefficient (Wildman–Crippen LogP) is 3.46. The van der Waals surface area contributed by atoms with Crippen molar-refractivity contribution in [2.75, 3.05) is 18.0 Å². The number of nitrogens with zero attached hydrogens (tertiary/aromatic N) is 2. The number of ether oxygens (including phenoxy) is 1. The van der Waals surface area contributed by atoms with Crippen LogP contribution >= 0.6 is 15.9 Å². The highest BCUT2D eigenvalue weighted by molar-refractivity contribution is 9.10. The van der Waals surface area contributed by atoms with Crippen LogP contribution in [-0.4, -0.2) is 41.7 Å². The zero-order valence-corrected chi connectivity index (χ0v) is 17.6. The first-order chi connectivity index (χ1) is 13.4. The van der Waals surface area contributed by atoms with Gasteiger partial charge < -0.3 is 20.7 Å². The molecule has 3 N–H and O–H groups in total. The molecule has 3 rings (SSSR count). The number of amides is 2. The third-order valence-corrected chi connectivity index (χ3v) is 6.04. The van der Waals surface area contributed by atoms with Crippen molar-refractivity contribution >= 4 is 33.6 Å². The van der Waals surface area contributed by atoms with E-state index in [0.717, 1.165) is 19.0 Å². The standard InChI is InChI=1S/C18H22BrF3N4O3/c1-9(10-3-4-10)25-15(27)11-7-24-14(18(20,21)22)12(19)13(11)26-6-5-17(2,8-26)29-16(23)28/h7,9-10H,3-6,8H2,1-2H3,(H2,23,28)(H,25,27)/t9-,17?/m0/s1. The Labute approximate surface area is 174 Å². The van der Waals surface area contributed by atoms with E-state index in [1.807, 2.05) is 6.92 Å². The number of aromatic nitrogens is 1. The lowest BCUT2D eigenvalue weighted by atomic mass is 10.1. The van der Waals surface area contributed by atoms with Gasteiger partial charge in [0.1, 0.15) is 5.60 Å². The maximum atomic E-state index is 13.4. The lowest BCUT2D eigenvalue weighted by Crippen LogP contribution is -2.39. The number of rotatable bonds is 5. The summed E-state index contributed by atoms with van der Waals surface area (Å²) in [5, 5.41) is 2.85. The molecule has 2 amide bonds. The molecule has 1 aromatic heterocycles. The van der Waals surface area contributed by atoms with E-state index in [2.05, 4.69) is 26.2 Å². The number of carbonyl (C=O) groups is 2. The third-order valence-electron chi connectivity index (χ3n) is 5.29. The van der Waals surface area contributed by atoms with Gasteiger partial charge in [-0.1, -0.05) is 0 Å². The Morgan fingerprint density at radius 3 is 2.66 bits per heavy atom. The van der Waals surface area contributed by atoms with Gasteiger partial charge in [0.15, 0.2) is 5.69 Å². The molecule has 1 saturated heterocycles. The third kappa shape index (κ3) is 4.76. The summed E-state index contributed by atoms with van der Waals surface area (Å²) in [6, 6.07) is -0.0848. The number of primary amides is 1. The second-order valence-electron chi connectivity index (χ2n) is 7.82. The first-order valence-corrected chi connectivity index (χ1v) is 10.0. The molecule has 0 radical (unpaired) electrons. The first-order valence-electron chi connectivity index (χ1n) is 9.21. The van der Waals surface area contributed by atoms with Crippen LogP contribution in [0.5, 0.6) is 0 Å². The molecule has 29 heavy (non-hydrogen) atoms. The number of nitrogens with two attached hydrogens (primary N) is 1. The molecule has 7 nitrogen and oxygen atoms in total. The second-order valence-corrected chi connectivity index (χ2v) is 8.62. The smallest absolute Gasteiger partial charge is 0.434 e. The molecule has 0 spiro atoms. The van der Waals surface area contributed by atoms with E-state index < -0.39 is 29.5 Å². The fourth-order valence-electron chi connectivity index (χ4n) is 3.60. The summed E-state index contributed by atoms with van der Waals surface area (Å²) in [5.74, 6) is -0.113. The van der Waals surface area contributed by atoms with Crippen LogP contribution in [-0.2, 0) is 10.9 Å². The van der Waals surface area contributed by atoms with Gasteiger partial charge in [-0.15, -0.1) is 0 Å². The van der Waals surface area contributed by atoms with Crippen molar-refractivity contribution in [3.8, 4) is 0 Å². The largest absolute Gasteiger partial charge is 0.441 e. The van der Waals surface area contributed by atoms with Gasteiger partial charge in [0.25, 0.3) is 5.91 Å². The van der Waals surface area contributed by atoms with Crippen LogP contribution in [0, 0.1) is 5.92 Å². The molecule has 1 saturated carbocycles. The van der Waals surface area contributed by atoms with E-state index in [1.54, 1.807) is 11.8 Å². The summed E-state index contributed by atoms with van der Waals surface area (Å²) in [6.45, 7) is 3.89. The highest BCUT2D eigenvalue weighted by Gasteiger charge is 2.42. The van der Waals surface area contributed by atoms with Gasteiger partial charge in [0, 0.05) is 25.2 Å². The van der Waals surface area contributed by atoms with E-state index in [-0.39, 0.29) is 34.9 Å². The average Bonchev–Trinajstić information content (AvgIpc) is 3.36. The molecule has 0 aromatic carbocycles. The van der Waals surface area contributed by atoms with Crippen molar-refractivity contribution in [2.45, 2.75) is 50.9 Å². The minimum Gasteiger partial charge on any atom is -0.441 e. The molecule has 2 fully saturated rings. The number of alkyl halides is 3. The van der Waals surface area contributed by atoms with Gasteiger partial charge in [-0.3, -0.25) is 4.79 Å². The van der Waals surface area contributed by atoms with Crippen LogP contribution in [0.4, 0.5) is 23.7 Å². The van der Waals surface area contributed by atoms with Crippen molar-refractivity contribution < 1.29 is 27.5 Å². The average molecular weight is 479 g/mol. The monoisotopic (exact) mass is 478 g/mol. The molecular weight excluding hydrogens is 457 g/mol. The number of pyridine rings is 1. The Bertz CT molecular complexity index is 831. The Hall–Kier alpha value is -2.04. The molecule has 2 aliphatic rings. The summed E-state index contributed by atoms with van der Waals surface area (Å²) in [7, 11) is 0. The van der Waals surface area contributed by atoms with E-state index in [4.69, 9.17) is 10.5 Å². The normalized spacial score (nSPS) is 23.0. The van der Waals surface area contributed by atoms with Gasteiger partial charge in [0.2, 0.25) is 0 Å². The number of anilines is 1. The van der Waals surface area contributed by atoms with E-state index in [0.29, 0.717) is 12.3 Å². The van der Waals surface area contributed by atoms with E-state index in [9.17, 15) is 22.8 Å². The summed E-state index contributed by atoms with van der Waals surface area (Å²) in [6.07, 6.45) is -2.34. The van der Waals surface area contributed by atoms with Gasteiger partial charge >= 0.3 is 12.3 Å². The fourth-order valence-corrected chi connectivity index (χ4v) is 4.39. The van der Waals surface area contributed by atoms with Crippen LogP contribution in [0.2, 0.25) is 0 Å². The van der Waals surface area contributed by atoms with Crippen LogP contribution in [0.25, 0.3) is 0 Å². The Morgan fingerprint density at radius 1 is 1.45 bits per heavy atom. The minimum absolute atomic E-state index is 0.0284. The predicted molar refractivity (Wildman–Crippen MR) is 102 cm³/mol. The number of hydrogen-bond donors (Lipinski definition) is 2. The fraction of sp³-hybridized carbons (Fsp3) is 0.611. The Morgan fingerprint density at radius 2 is 2.10 bits per heavy atom. The Kier molecular flexibility index (Phi) is 5.72. The molecule has 2 atom stereocenters. The summed E-state index contributed by atoms with van der Waals surface area (Å²) in [4.78, 5) is 29.1. The van der Waals surface area contributed by atoms with E-state index >= 15 is 0 Å². The van der Waals surface area contributed by atoms with Crippen molar-refractivity contribution in [1.82, 2.24) is 10.3 Å². The van der Waals surface area contributed by atoms with Gasteiger partial charge in [-0.2, -0.15) is 13.2 Å². The molecule has 1 aliphatic heterocycles. The van der Waals surface area contributed by atoms with E-state index in [1.165, 1.54) is 0 Å². The molecule has 11 heteroatoms. The maximum absolute atomic E-state index is 13.4. The number of halogens is 4. The maximum Gasteiger partial charge on any atom is 0.434 e. The van der Waals surface area contributed by atoms with Crippen molar-refractivity contribution in [3.63, 3.8) is 0 Å². The first kappa shape index (κ1) is 21.7. The zero-order chi connectivity index (χ0) is 21.6. The van der Waals surface area contributed by atoms with Crippen molar-refractivity contribution in [1.29, 1.82) is 0 Å². The number of nitrogens with one attached hydrogen (secondary N) is 1. The minimum atomic E-state index is -4.70. The van der Waals surface area contributed by atoms with Crippen molar-refractivity contribution in [2.24, 2.45) is 11.7 Å². The molecule has 0 bridgehead atoms. The molecular formula is C18H22BrF3N4O3. The zero-order valence-electron chi connectivity index (χ0n) is 16.0. The number of carbonyl (C=O) groups excluding carboxylic acids is 2. The lowest BCUT2D eigenvalue weighted by Gasteiger charge is -2.27. The molecule has 1 aromatic rings. The highest BCUT2D eigenvalue weighted by Crippen LogP contribution is 2.42. The van der Waals surface area contributed by atoms with Crippen LogP contribution in [0.3, 0.4) is 0 Å². The van der Waals surface area contributed by atoms with Crippen LogP contribution in [0.15, 0.2) is 10.7 Å². The second kappa shape index (κ2) is 7.66. The van der Waals surface area contributed by atoms with Gasteiger partial charge in [-0.05, 0) is 48.5 Å². The van der Waals surface area contributed by atoms with Gasteiger partial charge in [-0.25, -0.2) is 9.78 Å². The molecule has 160 valence electrons. The van der Waals surface area contributed by atoms with Crippen molar-refractivity contribution in [3.05, 3.63) is 21.9 Å². The van der Waals surface area contributed by atoms with Gasteiger partial charge in [0.05, 0.1) is 22.3 Å². The Balaban J connectivity index is 1.97. The molecule has 2 heterocycles. The number of hydrogen-bond acceptors (Lipinski definition) is 5. The summed E-state index contributed by atoms with van der Waals surface area (Å²) >= 11 is 3.01. The van der Waals surface area contributed by atoms with Crippen LogP contribution in [0.1, 0.15) is 49.2 Å². The quantitative estimate of drug-likeness (QED) is 0.675. The molecule has 1 aliphatic carbocycles. The lowest BCUT2D eigenvalue weighted by molar-refractivity contribution is -0.141. The molecule has 1 unspecified atom stereocenters. The highest BCUT2D eigenvalue weighted by atomic mass is 79.9. The SMILES string of the molecule is C[C@H](NC(=O)c1cnc(C(F)(F)F)c(Br)c1N1CCC(C)(OC(N)=O)C1)C1CC1. The topological polar surface area (TPSA) is 97.6 Å².